The SMILES string of the molecule is Cc1cc(C(=O)O)cc(Nc2cccc3cccnc23)n1. The van der Waals surface area contributed by atoms with Gasteiger partial charge in [0.25, 0.3) is 0 Å². The first-order valence-electron chi connectivity index (χ1n) is 6.46. The Morgan fingerprint density at radius 2 is 2.00 bits per heavy atom. The van der Waals surface area contributed by atoms with Gasteiger partial charge in [-0.3, -0.25) is 4.98 Å². The molecule has 0 saturated carbocycles. The largest absolute Gasteiger partial charge is 0.478 e. The Morgan fingerprint density at radius 3 is 2.81 bits per heavy atom. The molecule has 0 amide bonds. The third-order valence-corrected chi connectivity index (χ3v) is 3.10. The minimum absolute atomic E-state index is 0.207. The van der Waals surface area contributed by atoms with Crippen LogP contribution in [0.3, 0.4) is 0 Å². The molecule has 2 heterocycles. The topological polar surface area (TPSA) is 75.1 Å². The maximum atomic E-state index is 11.1. The van der Waals surface area contributed by atoms with Crippen molar-refractivity contribution < 1.29 is 9.90 Å². The van der Waals surface area contributed by atoms with Crippen LogP contribution in [0.4, 0.5) is 11.5 Å². The van der Waals surface area contributed by atoms with Crippen molar-refractivity contribution in [3.05, 3.63) is 59.9 Å². The number of para-hydroxylation sites is 1. The Labute approximate surface area is 121 Å². The van der Waals surface area contributed by atoms with Crippen molar-refractivity contribution in [1.82, 2.24) is 9.97 Å². The molecule has 0 aliphatic carbocycles. The van der Waals surface area contributed by atoms with Gasteiger partial charge in [-0.1, -0.05) is 18.2 Å². The van der Waals surface area contributed by atoms with Crippen LogP contribution < -0.4 is 5.32 Å². The molecule has 2 N–H and O–H groups in total. The molecular weight excluding hydrogens is 266 g/mol. The Bertz CT molecular complexity index is 825. The van der Waals surface area contributed by atoms with Crippen LogP contribution in [0.5, 0.6) is 0 Å². The number of aromatic carboxylic acids is 1. The second-order valence-electron chi connectivity index (χ2n) is 4.69. The van der Waals surface area contributed by atoms with Crippen LogP contribution in [-0.4, -0.2) is 21.0 Å². The molecule has 0 saturated heterocycles. The first-order valence-corrected chi connectivity index (χ1v) is 6.46. The van der Waals surface area contributed by atoms with Crippen LogP contribution >= 0.6 is 0 Å². The predicted molar refractivity (Wildman–Crippen MR) is 81.0 cm³/mol. The van der Waals surface area contributed by atoms with E-state index in [4.69, 9.17) is 5.11 Å². The fourth-order valence-electron chi connectivity index (χ4n) is 2.20. The summed E-state index contributed by atoms with van der Waals surface area (Å²) in [6.07, 6.45) is 1.72. The number of carbonyl (C=O) groups is 1. The number of nitrogens with zero attached hydrogens (tertiary/aromatic N) is 2. The molecule has 0 bridgehead atoms. The van der Waals surface area contributed by atoms with Gasteiger partial charge in [-0.05, 0) is 31.2 Å². The molecule has 0 radical (unpaired) electrons. The van der Waals surface area contributed by atoms with Gasteiger partial charge in [-0.2, -0.15) is 0 Å². The number of hydrogen-bond donors (Lipinski definition) is 2. The van der Waals surface area contributed by atoms with E-state index in [2.05, 4.69) is 15.3 Å². The number of aromatic nitrogens is 2. The number of benzene rings is 1. The van der Waals surface area contributed by atoms with Crippen LogP contribution in [-0.2, 0) is 0 Å². The van der Waals surface area contributed by atoms with E-state index in [0.717, 1.165) is 16.6 Å². The summed E-state index contributed by atoms with van der Waals surface area (Å²) < 4.78 is 0. The molecule has 21 heavy (non-hydrogen) atoms. The van der Waals surface area contributed by atoms with Gasteiger partial charge in [-0.15, -0.1) is 0 Å². The zero-order chi connectivity index (χ0) is 14.8. The average molecular weight is 279 g/mol. The van der Waals surface area contributed by atoms with Gasteiger partial charge in [0.05, 0.1) is 16.8 Å². The Morgan fingerprint density at radius 1 is 1.19 bits per heavy atom. The lowest BCUT2D eigenvalue weighted by Crippen LogP contribution is -2.02. The maximum Gasteiger partial charge on any atom is 0.335 e. The van der Waals surface area contributed by atoms with Crippen molar-refractivity contribution in [2.45, 2.75) is 6.92 Å². The molecule has 5 nitrogen and oxygen atoms in total. The molecular formula is C16H13N3O2. The molecule has 0 unspecified atom stereocenters. The molecule has 0 fully saturated rings. The van der Waals surface area contributed by atoms with Crippen LogP contribution in [0.2, 0.25) is 0 Å². The average Bonchev–Trinajstić information content (AvgIpc) is 2.47. The van der Waals surface area contributed by atoms with Crippen molar-refractivity contribution >= 4 is 28.4 Å². The van der Waals surface area contributed by atoms with Crippen molar-refractivity contribution in [1.29, 1.82) is 0 Å². The monoisotopic (exact) mass is 279 g/mol. The molecule has 5 heteroatoms. The Balaban J connectivity index is 2.05. The number of rotatable bonds is 3. The molecule has 0 aliphatic rings. The zero-order valence-electron chi connectivity index (χ0n) is 11.4. The van der Waals surface area contributed by atoms with Crippen LogP contribution in [0.1, 0.15) is 16.1 Å². The second-order valence-corrected chi connectivity index (χ2v) is 4.69. The number of hydrogen-bond acceptors (Lipinski definition) is 4. The molecule has 0 aliphatic heterocycles. The molecule has 2 aromatic heterocycles. The van der Waals surface area contributed by atoms with Gasteiger partial charge in [0.15, 0.2) is 0 Å². The number of aryl methyl sites for hydroxylation is 1. The van der Waals surface area contributed by atoms with E-state index >= 15 is 0 Å². The van der Waals surface area contributed by atoms with Crippen molar-refractivity contribution in [3.8, 4) is 0 Å². The minimum Gasteiger partial charge on any atom is -0.478 e. The summed E-state index contributed by atoms with van der Waals surface area (Å²) >= 11 is 0. The smallest absolute Gasteiger partial charge is 0.335 e. The summed E-state index contributed by atoms with van der Waals surface area (Å²) in [5.41, 5.74) is 2.46. The van der Waals surface area contributed by atoms with E-state index in [1.807, 2.05) is 30.3 Å². The molecule has 104 valence electrons. The highest BCUT2D eigenvalue weighted by Crippen LogP contribution is 2.24. The Kier molecular flexibility index (Phi) is 3.23. The number of nitrogens with one attached hydrogen (secondary N) is 1. The summed E-state index contributed by atoms with van der Waals surface area (Å²) in [4.78, 5) is 19.8. The lowest BCUT2D eigenvalue weighted by molar-refractivity contribution is 0.0696. The normalized spacial score (nSPS) is 10.5. The molecule has 3 rings (SSSR count). The van der Waals surface area contributed by atoms with E-state index in [1.165, 1.54) is 12.1 Å². The van der Waals surface area contributed by atoms with E-state index < -0.39 is 5.97 Å². The first-order chi connectivity index (χ1) is 10.1. The summed E-state index contributed by atoms with van der Waals surface area (Å²) in [6, 6.07) is 12.7. The number of carboxylic acids is 1. The minimum atomic E-state index is -0.973. The van der Waals surface area contributed by atoms with Crippen molar-refractivity contribution in [2.24, 2.45) is 0 Å². The molecule has 0 atom stereocenters. The van der Waals surface area contributed by atoms with Crippen molar-refractivity contribution in [3.63, 3.8) is 0 Å². The first kappa shape index (κ1) is 13.1. The predicted octanol–water partition coefficient (Wildman–Crippen LogP) is 3.38. The quantitative estimate of drug-likeness (QED) is 0.768. The van der Waals surface area contributed by atoms with E-state index in [-0.39, 0.29) is 5.56 Å². The standard InChI is InChI=1S/C16H13N3O2/c1-10-8-12(16(20)21)9-14(18-10)19-13-6-2-4-11-5-3-7-17-15(11)13/h2-9H,1H3,(H,18,19)(H,20,21). The number of carboxylic acid groups (broad SMARTS) is 1. The maximum absolute atomic E-state index is 11.1. The van der Waals surface area contributed by atoms with Gasteiger partial charge in [0.2, 0.25) is 0 Å². The van der Waals surface area contributed by atoms with Gasteiger partial charge in [0, 0.05) is 17.3 Å². The van der Waals surface area contributed by atoms with E-state index in [1.54, 1.807) is 13.1 Å². The van der Waals surface area contributed by atoms with Crippen molar-refractivity contribution in [2.75, 3.05) is 5.32 Å². The highest BCUT2D eigenvalue weighted by Gasteiger charge is 2.08. The highest BCUT2D eigenvalue weighted by atomic mass is 16.4. The number of anilines is 2. The van der Waals surface area contributed by atoms with Crippen LogP contribution in [0, 0.1) is 6.92 Å². The molecule has 1 aromatic carbocycles. The highest BCUT2D eigenvalue weighted by molar-refractivity contribution is 5.93. The van der Waals surface area contributed by atoms with Crippen LogP contribution in [0.25, 0.3) is 10.9 Å². The lowest BCUT2D eigenvalue weighted by atomic mass is 10.2. The number of fused-ring (bicyclic) bond motifs is 1. The summed E-state index contributed by atoms with van der Waals surface area (Å²) in [7, 11) is 0. The summed E-state index contributed by atoms with van der Waals surface area (Å²) in [5, 5.41) is 13.3. The van der Waals surface area contributed by atoms with Gasteiger partial charge in [-0.25, -0.2) is 9.78 Å². The fraction of sp³-hybridized carbons (Fsp3) is 0.0625. The van der Waals surface area contributed by atoms with E-state index in [9.17, 15) is 4.79 Å². The number of pyridine rings is 2. The van der Waals surface area contributed by atoms with Crippen LogP contribution in [0.15, 0.2) is 48.7 Å². The molecule has 3 aromatic rings. The summed E-state index contributed by atoms with van der Waals surface area (Å²) in [6.45, 7) is 1.76. The third kappa shape index (κ3) is 2.67. The summed E-state index contributed by atoms with van der Waals surface area (Å²) in [5.74, 6) is -0.481. The Hall–Kier alpha value is -2.95. The zero-order valence-corrected chi connectivity index (χ0v) is 11.4. The van der Waals surface area contributed by atoms with Gasteiger partial charge in [0.1, 0.15) is 5.82 Å². The third-order valence-electron chi connectivity index (χ3n) is 3.10. The fourth-order valence-corrected chi connectivity index (χ4v) is 2.20. The molecule has 0 spiro atoms. The van der Waals surface area contributed by atoms with Gasteiger partial charge >= 0.3 is 5.97 Å². The van der Waals surface area contributed by atoms with E-state index in [0.29, 0.717) is 11.5 Å². The van der Waals surface area contributed by atoms with Gasteiger partial charge < -0.3 is 10.4 Å². The lowest BCUT2D eigenvalue weighted by Gasteiger charge is -2.09. The second kappa shape index (κ2) is 5.20.